The maximum Gasteiger partial charge on any atom is 0.252 e. The van der Waals surface area contributed by atoms with Gasteiger partial charge in [-0.1, -0.05) is 12.1 Å². The highest BCUT2D eigenvalue weighted by molar-refractivity contribution is 7.91. The minimum Gasteiger partial charge on any atom is -0.454 e. The highest BCUT2D eigenvalue weighted by Crippen LogP contribution is 2.32. The van der Waals surface area contributed by atoms with Crippen molar-refractivity contribution in [1.29, 1.82) is 0 Å². The van der Waals surface area contributed by atoms with Gasteiger partial charge in [-0.2, -0.15) is 4.31 Å². The Balaban J connectivity index is 1.36. The fourth-order valence-electron chi connectivity index (χ4n) is 2.98. The minimum absolute atomic E-state index is 0.138. The van der Waals surface area contributed by atoms with Crippen LogP contribution in [0.4, 0.5) is 0 Å². The molecule has 1 aromatic carbocycles. The summed E-state index contributed by atoms with van der Waals surface area (Å²) in [5.41, 5.74) is 0.839. The molecule has 3 heterocycles. The van der Waals surface area contributed by atoms with Gasteiger partial charge < -0.3 is 14.4 Å². The lowest BCUT2D eigenvalue weighted by Gasteiger charge is -2.33. The summed E-state index contributed by atoms with van der Waals surface area (Å²) < 4.78 is 37.4. The number of hydrogen-bond acceptors (Lipinski definition) is 6. The molecule has 0 saturated carbocycles. The van der Waals surface area contributed by atoms with Gasteiger partial charge in [0, 0.05) is 32.3 Å². The fourth-order valence-corrected chi connectivity index (χ4v) is 5.54. The number of carbonyl (C=O) groups is 1. The van der Waals surface area contributed by atoms with Crippen LogP contribution in [0.3, 0.4) is 0 Å². The van der Waals surface area contributed by atoms with Gasteiger partial charge in [0.15, 0.2) is 11.5 Å². The van der Waals surface area contributed by atoms with Crippen molar-refractivity contribution in [3.05, 3.63) is 47.4 Å². The third kappa shape index (κ3) is 3.71. The number of hydrogen-bond donors (Lipinski definition) is 0. The number of benzene rings is 1. The molecule has 9 heteroatoms. The summed E-state index contributed by atoms with van der Waals surface area (Å²) in [5.74, 6) is 1.22. The van der Waals surface area contributed by atoms with Crippen molar-refractivity contribution in [3.8, 4) is 11.5 Å². The van der Waals surface area contributed by atoms with E-state index in [1.807, 2.05) is 12.1 Å². The van der Waals surface area contributed by atoms with Gasteiger partial charge in [0.1, 0.15) is 4.21 Å². The Morgan fingerprint density at radius 2 is 1.85 bits per heavy atom. The van der Waals surface area contributed by atoms with Crippen LogP contribution in [0.5, 0.6) is 11.5 Å². The van der Waals surface area contributed by atoms with E-state index < -0.39 is 10.0 Å². The van der Waals surface area contributed by atoms with Crippen molar-refractivity contribution in [2.24, 2.45) is 0 Å². The van der Waals surface area contributed by atoms with Crippen LogP contribution in [0.1, 0.15) is 5.56 Å². The molecular weight excluding hydrogens is 388 g/mol. The lowest BCUT2D eigenvalue weighted by Crippen LogP contribution is -2.50. The Bertz CT molecular complexity index is 962. The van der Waals surface area contributed by atoms with E-state index in [1.54, 1.807) is 34.6 Å². The number of fused-ring (bicyclic) bond motifs is 1. The van der Waals surface area contributed by atoms with Crippen molar-refractivity contribution in [1.82, 2.24) is 9.21 Å². The lowest BCUT2D eigenvalue weighted by molar-refractivity contribution is -0.127. The standard InChI is InChI=1S/C18H18N2O5S2/c21-17(6-4-14-3-5-15-16(12-14)25-13-24-15)19-7-9-20(10-8-19)27(22,23)18-2-1-11-26-18/h1-6,11-12H,7-10,13H2. The van der Waals surface area contributed by atoms with Crippen LogP contribution in [0.15, 0.2) is 46.0 Å². The number of sulfonamides is 1. The minimum atomic E-state index is -3.46. The average Bonchev–Trinajstić information content (AvgIpc) is 3.37. The zero-order valence-corrected chi connectivity index (χ0v) is 16.0. The molecule has 2 aliphatic rings. The molecule has 0 aliphatic carbocycles. The SMILES string of the molecule is O=C(C=Cc1ccc2c(c1)OCO2)N1CCN(S(=O)(=O)c2cccs2)CC1. The average molecular weight is 406 g/mol. The Morgan fingerprint density at radius 3 is 2.59 bits per heavy atom. The highest BCUT2D eigenvalue weighted by Gasteiger charge is 2.30. The van der Waals surface area contributed by atoms with Gasteiger partial charge in [0.2, 0.25) is 12.7 Å². The number of carbonyl (C=O) groups excluding carboxylic acids is 1. The maximum absolute atomic E-state index is 12.5. The molecule has 1 aromatic heterocycles. The van der Waals surface area contributed by atoms with Crippen LogP contribution in [-0.4, -0.2) is 56.5 Å². The first-order valence-corrected chi connectivity index (χ1v) is 10.8. The first kappa shape index (κ1) is 18.0. The Labute approximate surface area is 161 Å². The largest absolute Gasteiger partial charge is 0.454 e. The Hall–Kier alpha value is -2.36. The molecule has 4 rings (SSSR count). The van der Waals surface area contributed by atoms with Gasteiger partial charge >= 0.3 is 0 Å². The highest BCUT2D eigenvalue weighted by atomic mass is 32.2. The van der Waals surface area contributed by atoms with E-state index in [-0.39, 0.29) is 12.7 Å². The summed E-state index contributed by atoms with van der Waals surface area (Å²) >= 11 is 1.20. The number of rotatable bonds is 4. The smallest absolute Gasteiger partial charge is 0.252 e. The van der Waals surface area contributed by atoms with E-state index in [2.05, 4.69) is 0 Å². The van der Waals surface area contributed by atoms with E-state index in [0.717, 1.165) is 5.56 Å². The van der Waals surface area contributed by atoms with Crippen LogP contribution in [-0.2, 0) is 14.8 Å². The van der Waals surface area contributed by atoms with E-state index in [9.17, 15) is 13.2 Å². The molecule has 1 amide bonds. The predicted molar refractivity (Wildman–Crippen MR) is 101 cm³/mol. The number of thiophene rings is 1. The number of ether oxygens (including phenoxy) is 2. The molecule has 0 N–H and O–H groups in total. The monoisotopic (exact) mass is 406 g/mol. The third-order valence-electron chi connectivity index (χ3n) is 4.45. The molecule has 0 radical (unpaired) electrons. The first-order chi connectivity index (χ1) is 13.0. The fraction of sp³-hybridized carbons (Fsp3) is 0.278. The van der Waals surface area contributed by atoms with Gasteiger partial charge in [0.05, 0.1) is 0 Å². The summed E-state index contributed by atoms with van der Waals surface area (Å²) in [6.45, 7) is 1.54. The van der Waals surface area contributed by atoms with Crippen molar-refractivity contribution in [3.63, 3.8) is 0 Å². The van der Waals surface area contributed by atoms with E-state index >= 15 is 0 Å². The molecule has 2 aliphatic heterocycles. The zero-order chi connectivity index (χ0) is 18.9. The molecular formula is C18H18N2O5S2. The summed E-state index contributed by atoms with van der Waals surface area (Å²) in [6.07, 6.45) is 3.22. The van der Waals surface area contributed by atoms with Gasteiger partial charge in [-0.05, 0) is 35.2 Å². The van der Waals surface area contributed by atoms with E-state index in [4.69, 9.17) is 9.47 Å². The molecule has 142 valence electrons. The first-order valence-electron chi connectivity index (χ1n) is 8.44. The molecule has 0 atom stereocenters. The second kappa shape index (κ2) is 7.34. The molecule has 7 nitrogen and oxygen atoms in total. The zero-order valence-electron chi connectivity index (χ0n) is 14.4. The maximum atomic E-state index is 12.5. The molecule has 0 bridgehead atoms. The van der Waals surface area contributed by atoms with Crippen molar-refractivity contribution in [2.45, 2.75) is 4.21 Å². The molecule has 0 spiro atoms. The molecule has 2 aromatic rings. The Morgan fingerprint density at radius 1 is 1.07 bits per heavy atom. The Kier molecular flexibility index (Phi) is 4.90. The quantitative estimate of drug-likeness (QED) is 0.726. The van der Waals surface area contributed by atoms with Crippen LogP contribution in [0.2, 0.25) is 0 Å². The van der Waals surface area contributed by atoms with Crippen molar-refractivity contribution >= 4 is 33.3 Å². The number of piperazine rings is 1. The van der Waals surface area contributed by atoms with Crippen LogP contribution in [0.25, 0.3) is 6.08 Å². The second-order valence-corrected chi connectivity index (χ2v) is 9.22. The van der Waals surface area contributed by atoms with Crippen LogP contribution >= 0.6 is 11.3 Å². The molecule has 0 unspecified atom stereocenters. The van der Waals surface area contributed by atoms with Crippen molar-refractivity contribution < 1.29 is 22.7 Å². The van der Waals surface area contributed by atoms with Gasteiger partial charge in [0.25, 0.3) is 10.0 Å². The van der Waals surface area contributed by atoms with Crippen LogP contribution in [0, 0.1) is 0 Å². The van der Waals surface area contributed by atoms with Gasteiger partial charge in [-0.3, -0.25) is 4.79 Å². The topological polar surface area (TPSA) is 76.2 Å². The normalized spacial score (nSPS) is 17.6. The predicted octanol–water partition coefficient (Wildman–Crippen LogP) is 2.02. The molecule has 27 heavy (non-hydrogen) atoms. The van der Waals surface area contributed by atoms with Crippen molar-refractivity contribution in [2.75, 3.05) is 33.0 Å². The van der Waals surface area contributed by atoms with Gasteiger partial charge in [-0.15, -0.1) is 11.3 Å². The molecule has 1 fully saturated rings. The van der Waals surface area contributed by atoms with E-state index in [0.29, 0.717) is 41.9 Å². The summed E-state index contributed by atoms with van der Waals surface area (Å²) in [6, 6.07) is 8.80. The number of nitrogens with zero attached hydrogens (tertiary/aromatic N) is 2. The van der Waals surface area contributed by atoms with Crippen LogP contribution < -0.4 is 9.47 Å². The lowest BCUT2D eigenvalue weighted by atomic mass is 10.2. The number of amides is 1. The molecule has 1 saturated heterocycles. The summed E-state index contributed by atoms with van der Waals surface area (Å²) in [7, 11) is -3.46. The second-order valence-electron chi connectivity index (χ2n) is 6.11. The van der Waals surface area contributed by atoms with Gasteiger partial charge in [-0.25, -0.2) is 8.42 Å². The van der Waals surface area contributed by atoms with E-state index in [1.165, 1.54) is 21.7 Å². The summed E-state index contributed by atoms with van der Waals surface area (Å²) in [4.78, 5) is 14.1. The summed E-state index contributed by atoms with van der Waals surface area (Å²) in [5, 5.41) is 1.74. The third-order valence-corrected chi connectivity index (χ3v) is 7.73.